The second-order valence-corrected chi connectivity index (χ2v) is 9.25. The Morgan fingerprint density at radius 2 is 1.85 bits per heavy atom. The number of rotatable bonds is 6. The number of carbonyl (C=O) groups excluding carboxylic acids is 1. The molecule has 8 heteroatoms. The Kier molecular flexibility index (Phi) is 6.85. The lowest BCUT2D eigenvalue weighted by Gasteiger charge is -2.36. The maximum atomic E-state index is 12.2. The van der Waals surface area contributed by atoms with Crippen molar-refractivity contribution < 1.29 is 23.8 Å². The van der Waals surface area contributed by atoms with Crippen LogP contribution in [0, 0.1) is 0 Å². The van der Waals surface area contributed by atoms with Gasteiger partial charge < -0.3 is 23.9 Å². The molecule has 1 saturated heterocycles. The number of benzene rings is 2. The van der Waals surface area contributed by atoms with Crippen LogP contribution < -0.4 is 4.74 Å². The van der Waals surface area contributed by atoms with E-state index in [1.54, 1.807) is 4.90 Å². The second kappa shape index (κ2) is 9.80. The summed E-state index contributed by atoms with van der Waals surface area (Å²) in [5.74, 6) is 1.19. The van der Waals surface area contributed by atoms with Gasteiger partial charge in [-0.3, -0.25) is 4.90 Å². The minimum Gasteiger partial charge on any atom is -0.491 e. The van der Waals surface area contributed by atoms with Crippen molar-refractivity contribution in [2.75, 3.05) is 39.3 Å². The molecule has 2 aromatic carbocycles. The number of aliphatic hydroxyl groups excluding tert-OH is 1. The molecule has 0 saturated carbocycles. The van der Waals surface area contributed by atoms with Gasteiger partial charge in [0.25, 0.3) is 0 Å². The van der Waals surface area contributed by atoms with Gasteiger partial charge in [0.15, 0.2) is 5.58 Å². The van der Waals surface area contributed by atoms with Gasteiger partial charge in [-0.2, -0.15) is 0 Å². The van der Waals surface area contributed by atoms with Gasteiger partial charge >= 0.3 is 6.09 Å². The number of β-amino-alcohol motifs (C(OH)–C–C–N with tert-alkyl or cyclic N) is 1. The largest absolute Gasteiger partial charge is 0.491 e. The monoisotopic (exact) mass is 453 g/mol. The third-order valence-corrected chi connectivity index (χ3v) is 5.32. The molecule has 1 aliphatic rings. The first kappa shape index (κ1) is 23.1. The second-order valence-electron chi connectivity index (χ2n) is 9.25. The van der Waals surface area contributed by atoms with Gasteiger partial charge in [0.2, 0.25) is 5.89 Å². The third-order valence-electron chi connectivity index (χ3n) is 5.32. The van der Waals surface area contributed by atoms with E-state index < -0.39 is 11.7 Å². The third kappa shape index (κ3) is 6.24. The highest BCUT2D eigenvalue weighted by atomic mass is 16.6. The topological polar surface area (TPSA) is 88.3 Å². The summed E-state index contributed by atoms with van der Waals surface area (Å²) in [4.78, 5) is 20.6. The molecule has 0 spiro atoms. The summed E-state index contributed by atoms with van der Waals surface area (Å²) >= 11 is 0. The zero-order chi connectivity index (χ0) is 23.4. The summed E-state index contributed by atoms with van der Waals surface area (Å²) in [6.07, 6.45) is -0.935. The van der Waals surface area contributed by atoms with Crippen molar-refractivity contribution in [1.29, 1.82) is 0 Å². The van der Waals surface area contributed by atoms with E-state index in [1.807, 2.05) is 69.3 Å². The SMILES string of the molecule is CC(C)(C)OC(=O)N1CCN(CC(O)COc2ccc3oc(-c4ccccc4)nc3c2)CC1. The van der Waals surface area contributed by atoms with Gasteiger partial charge in [0.05, 0.1) is 0 Å². The van der Waals surface area contributed by atoms with Crippen molar-refractivity contribution >= 4 is 17.2 Å². The molecule has 1 unspecified atom stereocenters. The minimum absolute atomic E-state index is 0.168. The molecule has 1 aromatic heterocycles. The van der Waals surface area contributed by atoms with Crippen molar-refractivity contribution in [2.45, 2.75) is 32.5 Å². The van der Waals surface area contributed by atoms with Crippen molar-refractivity contribution in [1.82, 2.24) is 14.8 Å². The van der Waals surface area contributed by atoms with Crippen LogP contribution in [0.1, 0.15) is 20.8 Å². The number of hydrogen-bond acceptors (Lipinski definition) is 7. The van der Waals surface area contributed by atoms with Gasteiger partial charge in [-0.1, -0.05) is 18.2 Å². The number of hydrogen-bond donors (Lipinski definition) is 1. The number of amides is 1. The van der Waals surface area contributed by atoms with Crippen LogP contribution in [0.25, 0.3) is 22.6 Å². The number of aliphatic hydroxyl groups is 1. The predicted molar refractivity (Wildman–Crippen MR) is 125 cm³/mol. The Hall–Kier alpha value is -3.10. The fourth-order valence-electron chi connectivity index (χ4n) is 3.68. The highest BCUT2D eigenvalue weighted by molar-refractivity contribution is 5.77. The van der Waals surface area contributed by atoms with Crippen molar-refractivity contribution in [3.63, 3.8) is 0 Å². The Balaban J connectivity index is 1.25. The number of nitrogens with zero attached hydrogens (tertiary/aromatic N) is 3. The molecule has 0 bridgehead atoms. The molecule has 1 aliphatic heterocycles. The van der Waals surface area contributed by atoms with Crippen LogP contribution in [0.15, 0.2) is 52.9 Å². The van der Waals surface area contributed by atoms with Gasteiger partial charge in [-0.25, -0.2) is 9.78 Å². The fraction of sp³-hybridized carbons (Fsp3) is 0.440. The molecular weight excluding hydrogens is 422 g/mol. The lowest BCUT2D eigenvalue weighted by atomic mass is 10.2. The summed E-state index contributed by atoms with van der Waals surface area (Å²) in [6, 6.07) is 15.2. The molecule has 1 N–H and O–H groups in total. The molecule has 4 rings (SSSR count). The maximum absolute atomic E-state index is 12.2. The Morgan fingerprint density at radius 3 is 2.55 bits per heavy atom. The van der Waals surface area contributed by atoms with E-state index in [4.69, 9.17) is 13.9 Å². The zero-order valence-corrected chi connectivity index (χ0v) is 19.4. The Labute approximate surface area is 193 Å². The Bertz CT molecular complexity index is 1070. The number of piperazine rings is 1. The standard InChI is InChI=1S/C25H31N3O5/c1-25(2,3)33-24(30)28-13-11-27(12-14-28)16-19(29)17-31-20-9-10-22-21(15-20)26-23(32-22)18-7-5-4-6-8-18/h4-10,15,19,29H,11-14,16-17H2,1-3H3. The van der Waals surface area contributed by atoms with E-state index in [1.165, 1.54) is 0 Å². The lowest BCUT2D eigenvalue weighted by molar-refractivity contribution is 0.00713. The molecule has 33 heavy (non-hydrogen) atoms. The van der Waals surface area contributed by atoms with E-state index in [2.05, 4.69) is 9.88 Å². The van der Waals surface area contributed by atoms with Gasteiger partial charge in [-0.05, 0) is 45.0 Å². The molecule has 0 radical (unpaired) electrons. The van der Waals surface area contributed by atoms with Crippen LogP contribution in [0.5, 0.6) is 5.75 Å². The van der Waals surface area contributed by atoms with Crippen molar-refractivity contribution in [3.05, 3.63) is 48.5 Å². The number of carbonyl (C=O) groups is 1. The van der Waals surface area contributed by atoms with Crippen LogP contribution in [-0.4, -0.2) is 77.0 Å². The molecule has 176 valence electrons. The number of fused-ring (bicyclic) bond motifs is 1. The van der Waals surface area contributed by atoms with E-state index in [-0.39, 0.29) is 12.7 Å². The molecule has 1 amide bonds. The summed E-state index contributed by atoms with van der Waals surface area (Å²) in [5.41, 5.74) is 1.81. The minimum atomic E-state index is -0.647. The molecule has 0 aliphatic carbocycles. The predicted octanol–water partition coefficient (Wildman–Crippen LogP) is 3.79. The van der Waals surface area contributed by atoms with Crippen LogP contribution in [0.4, 0.5) is 4.79 Å². The van der Waals surface area contributed by atoms with Gasteiger partial charge in [0.1, 0.15) is 29.6 Å². The highest BCUT2D eigenvalue weighted by Gasteiger charge is 2.26. The fourth-order valence-corrected chi connectivity index (χ4v) is 3.68. The molecule has 1 atom stereocenters. The number of ether oxygens (including phenoxy) is 2. The van der Waals surface area contributed by atoms with E-state index >= 15 is 0 Å². The number of aromatic nitrogens is 1. The van der Waals surface area contributed by atoms with Crippen LogP contribution >= 0.6 is 0 Å². The summed E-state index contributed by atoms with van der Waals surface area (Å²) in [7, 11) is 0. The number of oxazole rings is 1. The summed E-state index contributed by atoms with van der Waals surface area (Å²) in [6.45, 7) is 8.75. The van der Waals surface area contributed by atoms with Crippen molar-refractivity contribution in [2.24, 2.45) is 0 Å². The quantitative estimate of drug-likeness (QED) is 0.608. The summed E-state index contributed by atoms with van der Waals surface area (Å²) < 4.78 is 17.1. The summed E-state index contributed by atoms with van der Waals surface area (Å²) in [5, 5.41) is 10.5. The lowest BCUT2D eigenvalue weighted by Crippen LogP contribution is -2.51. The van der Waals surface area contributed by atoms with E-state index in [0.29, 0.717) is 55.5 Å². The smallest absolute Gasteiger partial charge is 0.410 e. The first-order valence-corrected chi connectivity index (χ1v) is 11.2. The van der Waals surface area contributed by atoms with E-state index in [0.717, 1.165) is 5.56 Å². The first-order valence-electron chi connectivity index (χ1n) is 11.2. The van der Waals surface area contributed by atoms with Gasteiger partial charge in [-0.15, -0.1) is 0 Å². The van der Waals surface area contributed by atoms with Crippen molar-refractivity contribution in [3.8, 4) is 17.2 Å². The average Bonchev–Trinajstić information content (AvgIpc) is 3.21. The molecule has 8 nitrogen and oxygen atoms in total. The highest BCUT2D eigenvalue weighted by Crippen LogP contribution is 2.27. The van der Waals surface area contributed by atoms with E-state index in [9.17, 15) is 9.90 Å². The molecule has 1 fully saturated rings. The molecule has 3 aromatic rings. The van der Waals surface area contributed by atoms with Crippen LogP contribution in [-0.2, 0) is 4.74 Å². The normalized spacial score (nSPS) is 16.1. The van der Waals surface area contributed by atoms with Crippen LogP contribution in [0.3, 0.4) is 0 Å². The van der Waals surface area contributed by atoms with Crippen LogP contribution in [0.2, 0.25) is 0 Å². The van der Waals surface area contributed by atoms with Gasteiger partial charge in [0, 0.05) is 44.4 Å². The molecular formula is C25H31N3O5. The average molecular weight is 454 g/mol. The first-order chi connectivity index (χ1) is 15.8. The zero-order valence-electron chi connectivity index (χ0n) is 19.4. The molecule has 2 heterocycles. The Morgan fingerprint density at radius 1 is 1.12 bits per heavy atom. The maximum Gasteiger partial charge on any atom is 0.410 e.